The fourth-order valence-corrected chi connectivity index (χ4v) is 3.81. The summed E-state index contributed by atoms with van der Waals surface area (Å²) in [4.78, 5) is 25.0. The Morgan fingerprint density at radius 3 is 2.59 bits per heavy atom. The van der Waals surface area contributed by atoms with Gasteiger partial charge >= 0.3 is 5.97 Å². The molecule has 0 unspecified atom stereocenters. The number of halogens is 1. The topological polar surface area (TPSA) is 76.1 Å². The average Bonchev–Trinajstić information content (AvgIpc) is 3.19. The fraction of sp³-hybridized carbons (Fsp3) is 0.300. The molecule has 2 aromatic rings. The van der Waals surface area contributed by atoms with E-state index in [0.29, 0.717) is 30.2 Å². The Hall–Kier alpha value is -2.57. The van der Waals surface area contributed by atoms with E-state index in [1.807, 2.05) is 12.1 Å². The summed E-state index contributed by atoms with van der Waals surface area (Å²) in [6.07, 6.45) is 0.772. The molecule has 6 nitrogen and oxygen atoms in total. The van der Waals surface area contributed by atoms with E-state index in [0.717, 1.165) is 5.56 Å². The first-order valence-corrected chi connectivity index (χ1v) is 9.06. The van der Waals surface area contributed by atoms with E-state index >= 15 is 0 Å². The minimum atomic E-state index is -0.982. The number of benzene rings is 2. The molecule has 2 saturated heterocycles. The van der Waals surface area contributed by atoms with Crippen LogP contribution in [0.15, 0.2) is 48.5 Å². The molecule has 2 heterocycles. The van der Waals surface area contributed by atoms with Crippen molar-refractivity contribution in [1.82, 2.24) is 4.90 Å². The van der Waals surface area contributed by atoms with Gasteiger partial charge < -0.3 is 19.5 Å². The van der Waals surface area contributed by atoms with Crippen molar-refractivity contribution < 1.29 is 24.2 Å². The Bertz CT molecular complexity index is 867. The molecule has 0 spiro atoms. The van der Waals surface area contributed by atoms with Crippen molar-refractivity contribution >= 4 is 23.5 Å². The summed E-state index contributed by atoms with van der Waals surface area (Å²) in [5.74, 6) is -0.356. The van der Waals surface area contributed by atoms with Gasteiger partial charge in [-0.2, -0.15) is 0 Å². The van der Waals surface area contributed by atoms with Gasteiger partial charge in [-0.05, 0) is 36.4 Å². The second-order valence-corrected chi connectivity index (χ2v) is 7.11. The molecular formula is C20H18ClNO5. The zero-order chi connectivity index (χ0) is 19.0. The number of carbonyl (C=O) groups excluding carboxylic acids is 1. The molecule has 2 fully saturated rings. The van der Waals surface area contributed by atoms with Crippen LogP contribution < -0.4 is 4.74 Å². The van der Waals surface area contributed by atoms with E-state index in [9.17, 15) is 9.59 Å². The molecule has 2 aliphatic heterocycles. The number of hydrogen-bond donors (Lipinski definition) is 1. The highest BCUT2D eigenvalue weighted by Crippen LogP contribution is 2.46. The Balaban J connectivity index is 1.47. The van der Waals surface area contributed by atoms with E-state index in [-0.39, 0.29) is 24.2 Å². The summed E-state index contributed by atoms with van der Waals surface area (Å²) in [6, 6.07) is 13.6. The summed E-state index contributed by atoms with van der Waals surface area (Å²) < 4.78 is 12.0. The lowest BCUT2D eigenvalue weighted by molar-refractivity contribution is -0.140. The maximum absolute atomic E-state index is 12.3. The lowest BCUT2D eigenvalue weighted by Gasteiger charge is -2.31. The highest BCUT2D eigenvalue weighted by Gasteiger charge is 2.54. The Kier molecular flexibility index (Phi) is 4.53. The number of ether oxygens (including phenoxy) is 2. The van der Waals surface area contributed by atoms with Crippen LogP contribution in [0.4, 0.5) is 0 Å². The molecule has 2 aromatic carbocycles. The van der Waals surface area contributed by atoms with Gasteiger partial charge in [0.05, 0.1) is 12.1 Å². The lowest BCUT2D eigenvalue weighted by Crippen LogP contribution is -2.38. The molecule has 4 rings (SSSR count). The predicted octanol–water partition coefficient (Wildman–Crippen LogP) is 3.29. The molecule has 1 N–H and O–H groups in total. The predicted molar refractivity (Wildman–Crippen MR) is 97.8 cm³/mol. The van der Waals surface area contributed by atoms with Crippen LogP contribution in [0.25, 0.3) is 0 Å². The Morgan fingerprint density at radius 2 is 1.93 bits per heavy atom. The molecule has 0 aliphatic carbocycles. The maximum atomic E-state index is 12.3. The van der Waals surface area contributed by atoms with Gasteiger partial charge in [-0.1, -0.05) is 23.7 Å². The van der Waals surface area contributed by atoms with Gasteiger partial charge in [0.15, 0.2) is 5.72 Å². The molecule has 2 atom stereocenters. The minimum Gasteiger partial charge on any atom is -0.491 e. The first-order valence-electron chi connectivity index (χ1n) is 8.68. The highest BCUT2D eigenvalue weighted by molar-refractivity contribution is 6.30. The molecule has 0 radical (unpaired) electrons. The van der Waals surface area contributed by atoms with Crippen LogP contribution in [0.1, 0.15) is 28.8 Å². The zero-order valence-electron chi connectivity index (χ0n) is 14.4. The maximum Gasteiger partial charge on any atom is 0.335 e. The monoisotopic (exact) mass is 387 g/mol. The van der Waals surface area contributed by atoms with Crippen LogP contribution in [0.2, 0.25) is 5.02 Å². The van der Waals surface area contributed by atoms with Crippen LogP contribution in [0.3, 0.4) is 0 Å². The lowest BCUT2D eigenvalue weighted by atomic mass is 10.0. The van der Waals surface area contributed by atoms with E-state index in [1.54, 1.807) is 29.2 Å². The second kappa shape index (κ2) is 6.87. The van der Waals surface area contributed by atoms with E-state index in [2.05, 4.69) is 0 Å². The molecule has 0 saturated carbocycles. The van der Waals surface area contributed by atoms with Crippen molar-refractivity contribution in [2.45, 2.75) is 24.7 Å². The van der Waals surface area contributed by atoms with Gasteiger partial charge in [0.2, 0.25) is 5.91 Å². The van der Waals surface area contributed by atoms with Crippen LogP contribution in [0.5, 0.6) is 5.75 Å². The van der Waals surface area contributed by atoms with Gasteiger partial charge in [-0.25, -0.2) is 4.79 Å². The Morgan fingerprint density at radius 1 is 1.22 bits per heavy atom. The number of amides is 1. The first kappa shape index (κ1) is 17.8. The normalized spacial score (nSPS) is 24.1. The van der Waals surface area contributed by atoms with E-state index < -0.39 is 11.7 Å². The number of carboxylic acid groups (broad SMARTS) is 1. The quantitative estimate of drug-likeness (QED) is 0.851. The second-order valence-electron chi connectivity index (χ2n) is 6.68. The summed E-state index contributed by atoms with van der Waals surface area (Å²) in [5, 5.41) is 9.58. The molecule has 7 heteroatoms. The number of nitrogens with zero attached hydrogens (tertiary/aromatic N) is 1. The number of carbonyl (C=O) groups is 2. The van der Waals surface area contributed by atoms with Crippen molar-refractivity contribution in [1.29, 1.82) is 0 Å². The number of rotatable bonds is 5. The zero-order valence-corrected chi connectivity index (χ0v) is 15.2. The molecule has 0 aromatic heterocycles. The van der Waals surface area contributed by atoms with Crippen LogP contribution in [0, 0.1) is 0 Å². The van der Waals surface area contributed by atoms with Gasteiger partial charge in [-0.3, -0.25) is 4.79 Å². The SMILES string of the molecule is O=C(O)c1ccc(OC[C@H]2CN3C(=O)CC[C@@]3(c3ccc(Cl)cc3)O2)cc1. The van der Waals surface area contributed by atoms with Crippen LogP contribution in [-0.2, 0) is 15.3 Å². The summed E-state index contributed by atoms with van der Waals surface area (Å²) in [6.45, 7) is 0.722. The fourth-order valence-electron chi connectivity index (χ4n) is 3.68. The van der Waals surface area contributed by atoms with Gasteiger partial charge in [0.1, 0.15) is 18.5 Å². The van der Waals surface area contributed by atoms with Crippen LogP contribution >= 0.6 is 11.6 Å². The van der Waals surface area contributed by atoms with Crippen molar-refractivity contribution in [3.05, 3.63) is 64.7 Å². The van der Waals surface area contributed by atoms with Crippen molar-refractivity contribution in [2.75, 3.05) is 13.2 Å². The molecule has 0 bridgehead atoms. The van der Waals surface area contributed by atoms with Crippen molar-refractivity contribution in [3.63, 3.8) is 0 Å². The average molecular weight is 388 g/mol. The number of carboxylic acids is 1. The third-order valence-electron chi connectivity index (χ3n) is 5.00. The molecule has 140 valence electrons. The number of fused-ring (bicyclic) bond motifs is 1. The van der Waals surface area contributed by atoms with E-state index in [4.69, 9.17) is 26.2 Å². The van der Waals surface area contributed by atoms with Gasteiger partial charge in [0, 0.05) is 23.4 Å². The minimum absolute atomic E-state index is 0.0678. The smallest absolute Gasteiger partial charge is 0.335 e. The number of hydrogen-bond acceptors (Lipinski definition) is 4. The van der Waals surface area contributed by atoms with Crippen molar-refractivity contribution in [3.8, 4) is 5.75 Å². The summed E-state index contributed by atoms with van der Waals surface area (Å²) >= 11 is 5.99. The van der Waals surface area contributed by atoms with Crippen LogP contribution in [-0.4, -0.2) is 41.1 Å². The highest BCUT2D eigenvalue weighted by atomic mass is 35.5. The summed E-state index contributed by atoms with van der Waals surface area (Å²) in [7, 11) is 0. The molecule has 2 aliphatic rings. The third-order valence-corrected chi connectivity index (χ3v) is 5.25. The first-order chi connectivity index (χ1) is 13.0. The molecular weight excluding hydrogens is 370 g/mol. The van der Waals surface area contributed by atoms with Crippen molar-refractivity contribution in [2.24, 2.45) is 0 Å². The molecule has 27 heavy (non-hydrogen) atoms. The summed E-state index contributed by atoms with van der Waals surface area (Å²) in [5.41, 5.74) is 0.349. The van der Waals surface area contributed by atoms with Gasteiger partial charge in [0.25, 0.3) is 0 Å². The Labute approximate surface area is 161 Å². The largest absolute Gasteiger partial charge is 0.491 e. The van der Waals surface area contributed by atoms with Gasteiger partial charge in [-0.15, -0.1) is 0 Å². The molecule has 1 amide bonds. The third kappa shape index (κ3) is 3.26. The number of aromatic carboxylic acids is 1. The standard InChI is InChI=1S/C20H18ClNO5/c21-15-5-3-14(4-6-15)20-10-9-18(23)22(20)11-17(27-20)12-26-16-7-1-13(2-8-16)19(24)25/h1-8,17H,9-12H2,(H,24,25)/t17-,20+/m1/s1. The van der Waals surface area contributed by atoms with E-state index in [1.165, 1.54) is 12.1 Å².